The summed E-state index contributed by atoms with van der Waals surface area (Å²) < 4.78 is 32.2. The predicted molar refractivity (Wildman–Crippen MR) is 65.8 cm³/mol. The van der Waals surface area contributed by atoms with E-state index in [0.29, 0.717) is 0 Å². The van der Waals surface area contributed by atoms with E-state index in [1.54, 1.807) is 12.1 Å². The molecule has 0 heterocycles. The maximum atomic E-state index is 13.6. The Morgan fingerprint density at radius 2 is 1.68 bits per heavy atom. The molecule has 0 atom stereocenters. The lowest BCUT2D eigenvalue weighted by Gasteiger charge is -2.11. The lowest BCUT2D eigenvalue weighted by atomic mass is 10.2. The molecule has 2 aromatic rings. The van der Waals surface area contributed by atoms with Crippen LogP contribution in [-0.4, -0.2) is 5.91 Å². The zero-order valence-corrected chi connectivity index (χ0v) is 9.69. The lowest BCUT2D eigenvalue weighted by Crippen LogP contribution is -2.12. The van der Waals surface area contributed by atoms with Crippen molar-refractivity contribution < 1.29 is 18.3 Å². The van der Waals surface area contributed by atoms with Crippen LogP contribution in [0.5, 0.6) is 11.5 Å². The second-order valence-corrected chi connectivity index (χ2v) is 3.78. The van der Waals surface area contributed by atoms with Crippen LogP contribution in [0.2, 0.25) is 0 Å². The highest BCUT2D eigenvalue weighted by Crippen LogP contribution is 2.31. The van der Waals surface area contributed by atoms with Crippen molar-refractivity contribution in [3.63, 3.8) is 0 Å². The third-order valence-electron chi connectivity index (χ3n) is 2.39. The van der Waals surface area contributed by atoms with Gasteiger partial charge in [-0.1, -0.05) is 12.1 Å². The summed E-state index contributed by atoms with van der Waals surface area (Å²) in [6, 6.07) is 7.73. The minimum absolute atomic E-state index is 0.0260. The molecule has 4 N–H and O–H groups in total. The molecule has 0 saturated carbocycles. The smallest absolute Gasteiger partial charge is 0.252 e. The molecule has 1 amide bonds. The fourth-order valence-corrected chi connectivity index (χ4v) is 1.55. The number of nitrogen functional groups attached to an aromatic ring is 1. The van der Waals surface area contributed by atoms with Crippen LogP contribution < -0.4 is 16.2 Å². The monoisotopic (exact) mass is 264 g/mol. The van der Waals surface area contributed by atoms with E-state index in [9.17, 15) is 13.6 Å². The molecule has 98 valence electrons. The van der Waals surface area contributed by atoms with Crippen LogP contribution in [0.25, 0.3) is 0 Å². The highest BCUT2D eigenvalue weighted by molar-refractivity contribution is 5.95. The first-order chi connectivity index (χ1) is 8.99. The molecule has 0 spiro atoms. The molecule has 0 aliphatic rings. The summed E-state index contributed by atoms with van der Waals surface area (Å²) in [4.78, 5) is 11.2. The Balaban J connectivity index is 2.45. The molecule has 2 rings (SSSR count). The van der Waals surface area contributed by atoms with Crippen LogP contribution in [0.3, 0.4) is 0 Å². The number of para-hydroxylation sites is 1. The first-order valence-electron chi connectivity index (χ1n) is 5.30. The number of carbonyl (C=O) groups is 1. The summed E-state index contributed by atoms with van der Waals surface area (Å²) in [5.41, 5.74) is 10.4. The Morgan fingerprint density at radius 1 is 1.11 bits per heavy atom. The minimum Gasteiger partial charge on any atom is -0.450 e. The van der Waals surface area contributed by atoms with E-state index in [1.807, 2.05) is 0 Å². The average molecular weight is 264 g/mol. The molecule has 0 radical (unpaired) electrons. The number of carbonyl (C=O) groups excluding carboxylic acids is 1. The molecule has 0 unspecified atom stereocenters. The molecule has 0 aliphatic heterocycles. The largest absolute Gasteiger partial charge is 0.450 e. The summed E-state index contributed by atoms with van der Waals surface area (Å²) in [7, 11) is 0. The minimum atomic E-state index is -0.961. The van der Waals surface area contributed by atoms with Gasteiger partial charge in [-0.15, -0.1) is 0 Å². The van der Waals surface area contributed by atoms with Gasteiger partial charge in [0, 0.05) is 17.8 Å². The number of ether oxygens (including phenoxy) is 1. The van der Waals surface area contributed by atoms with Crippen LogP contribution >= 0.6 is 0 Å². The van der Waals surface area contributed by atoms with Crippen molar-refractivity contribution in [2.75, 3.05) is 5.73 Å². The fraction of sp³-hybridized carbons (Fsp3) is 0. The Hall–Kier alpha value is -2.63. The lowest BCUT2D eigenvalue weighted by molar-refractivity contribution is 0.0998. The van der Waals surface area contributed by atoms with Gasteiger partial charge in [0.05, 0.1) is 5.56 Å². The Kier molecular flexibility index (Phi) is 3.33. The van der Waals surface area contributed by atoms with Crippen molar-refractivity contribution in [1.29, 1.82) is 0 Å². The van der Waals surface area contributed by atoms with Gasteiger partial charge in [0.25, 0.3) is 5.91 Å². The van der Waals surface area contributed by atoms with Crippen molar-refractivity contribution in [1.82, 2.24) is 0 Å². The fourth-order valence-electron chi connectivity index (χ4n) is 1.55. The van der Waals surface area contributed by atoms with Crippen LogP contribution in [0.1, 0.15) is 10.4 Å². The van der Waals surface area contributed by atoms with Crippen molar-refractivity contribution in [3.05, 3.63) is 53.6 Å². The molecule has 2 aromatic carbocycles. The van der Waals surface area contributed by atoms with Crippen molar-refractivity contribution >= 4 is 11.6 Å². The van der Waals surface area contributed by atoms with Crippen LogP contribution in [0, 0.1) is 11.6 Å². The van der Waals surface area contributed by atoms with Gasteiger partial charge >= 0.3 is 0 Å². The second kappa shape index (κ2) is 4.93. The van der Waals surface area contributed by atoms with E-state index < -0.39 is 23.3 Å². The van der Waals surface area contributed by atoms with Gasteiger partial charge in [-0.3, -0.25) is 4.79 Å². The topological polar surface area (TPSA) is 78.3 Å². The molecular formula is C13H10F2N2O2. The van der Waals surface area contributed by atoms with E-state index in [0.717, 1.165) is 12.1 Å². The molecule has 0 saturated heterocycles. The van der Waals surface area contributed by atoms with Gasteiger partial charge in [-0.25, -0.2) is 8.78 Å². The number of benzene rings is 2. The Morgan fingerprint density at radius 3 is 2.26 bits per heavy atom. The zero-order chi connectivity index (χ0) is 14.0. The number of amides is 1. The first kappa shape index (κ1) is 12.8. The molecular weight excluding hydrogens is 254 g/mol. The molecule has 0 aromatic heterocycles. The third kappa shape index (κ3) is 2.62. The van der Waals surface area contributed by atoms with E-state index in [1.165, 1.54) is 12.1 Å². The maximum absolute atomic E-state index is 13.6. The van der Waals surface area contributed by atoms with Crippen LogP contribution in [0.4, 0.5) is 14.5 Å². The number of halogens is 2. The van der Waals surface area contributed by atoms with Crippen molar-refractivity contribution in [2.24, 2.45) is 5.73 Å². The summed E-state index contributed by atoms with van der Waals surface area (Å²) in [6.45, 7) is 0. The van der Waals surface area contributed by atoms with Gasteiger partial charge in [0.1, 0.15) is 5.75 Å². The summed E-state index contributed by atoms with van der Waals surface area (Å²) in [6.07, 6.45) is 0. The summed E-state index contributed by atoms with van der Waals surface area (Å²) in [5.74, 6) is -3.35. The Bertz CT molecular complexity index is 621. The highest BCUT2D eigenvalue weighted by Gasteiger charge is 2.16. The zero-order valence-electron chi connectivity index (χ0n) is 9.69. The van der Waals surface area contributed by atoms with Gasteiger partial charge in [0.2, 0.25) is 0 Å². The Labute approximate surface area is 107 Å². The molecule has 0 bridgehead atoms. The molecule has 0 aliphatic carbocycles. The number of primary amides is 1. The quantitative estimate of drug-likeness (QED) is 0.836. The van der Waals surface area contributed by atoms with Crippen LogP contribution in [-0.2, 0) is 0 Å². The van der Waals surface area contributed by atoms with Gasteiger partial charge in [-0.2, -0.15) is 0 Å². The van der Waals surface area contributed by atoms with E-state index in [2.05, 4.69) is 0 Å². The van der Waals surface area contributed by atoms with Crippen LogP contribution in [0.15, 0.2) is 36.4 Å². The SMILES string of the molecule is NC(=O)c1ccccc1Oc1c(F)cc(N)cc1F. The van der Waals surface area contributed by atoms with Crippen molar-refractivity contribution in [3.8, 4) is 11.5 Å². The van der Waals surface area contributed by atoms with E-state index in [4.69, 9.17) is 16.2 Å². The number of anilines is 1. The first-order valence-corrected chi connectivity index (χ1v) is 5.30. The van der Waals surface area contributed by atoms with E-state index >= 15 is 0 Å². The number of rotatable bonds is 3. The number of hydrogen-bond donors (Lipinski definition) is 2. The summed E-state index contributed by atoms with van der Waals surface area (Å²) >= 11 is 0. The number of hydrogen-bond acceptors (Lipinski definition) is 3. The van der Waals surface area contributed by atoms with Gasteiger partial charge in [-0.05, 0) is 12.1 Å². The highest BCUT2D eigenvalue weighted by atomic mass is 19.1. The average Bonchev–Trinajstić information content (AvgIpc) is 2.34. The molecule has 6 heteroatoms. The second-order valence-electron chi connectivity index (χ2n) is 3.78. The number of nitrogens with two attached hydrogens (primary N) is 2. The molecule has 4 nitrogen and oxygen atoms in total. The summed E-state index contributed by atoms with van der Waals surface area (Å²) in [5, 5.41) is 0. The normalized spacial score (nSPS) is 10.2. The third-order valence-corrected chi connectivity index (χ3v) is 2.39. The standard InChI is InChI=1S/C13H10F2N2O2/c14-9-5-7(16)6-10(15)12(9)19-11-4-2-1-3-8(11)13(17)18/h1-6H,16H2,(H2,17,18). The van der Waals surface area contributed by atoms with Gasteiger partial charge < -0.3 is 16.2 Å². The maximum Gasteiger partial charge on any atom is 0.252 e. The van der Waals surface area contributed by atoms with E-state index in [-0.39, 0.29) is 17.0 Å². The van der Waals surface area contributed by atoms with Gasteiger partial charge in [0.15, 0.2) is 17.4 Å². The molecule has 0 fully saturated rings. The molecule has 19 heavy (non-hydrogen) atoms. The predicted octanol–water partition coefficient (Wildman–Crippen LogP) is 2.44. The van der Waals surface area contributed by atoms with Crippen molar-refractivity contribution in [2.45, 2.75) is 0 Å².